The first-order chi connectivity index (χ1) is 10.8. The maximum absolute atomic E-state index is 12.2. The molecule has 1 aromatic rings. The van der Waals surface area contributed by atoms with Gasteiger partial charge in [0.2, 0.25) is 0 Å². The lowest BCUT2D eigenvalue weighted by Gasteiger charge is -2.34. The van der Waals surface area contributed by atoms with Crippen molar-refractivity contribution < 1.29 is 4.79 Å². The lowest BCUT2D eigenvalue weighted by molar-refractivity contribution is 0.0954. The topological polar surface area (TPSA) is 44.7 Å². The molecule has 0 unspecified atom stereocenters. The summed E-state index contributed by atoms with van der Waals surface area (Å²) in [5, 5.41) is 4.35. The predicted molar refractivity (Wildman–Crippen MR) is 97.1 cm³/mol. The van der Waals surface area contributed by atoms with Crippen LogP contribution in [0.1, 0.15) is 56.8 Å². The summed E-state index contributed by atoms with van der Waals surface area (Å²) in [4.78, 5) is 14.2. The van der Waals surface area contributed by atoms with E-state index in [2.05, 4.69) is 31.3 Å². The molecular weight excluding hydrogens is 286 g/mol. The van der Waals surface area contributed by atoms with E-state index in [1.165, 1.54) is 0 Å². The molecule has 1 saturated carbocycles. The standard InChI is InChI=1S/C19H29N3O/c1-19(2,3)15-9-11-16(12-10-15)20-21-18(23)14-7-6-8-17(13-14)22(4)5/h6-8,13,15H,9-12H2,1-5H3,(H,21,23). The highest BCUT2D eigenvalue weighted by Gasteiger charge is 2.28. The Labute approximate surface area is 140 Å². The van der Waals surface area contributed by atoms with Crippen LogP contribution in [0.5, 0.6) is 0 Å². The number of hydrogen-bond acceptors (Lipinski definition) is 3. The van der Waals surface area contributed by atoms with Gasteiger partial charge in [-0.3, -0.25) is 4.79 Å². The normalized spacial score (nSPS) is 18.5. The smallest absolute Gasteiger partial charge is 0.271 e. The van der Waals surface area contributed by atoms with Gasteiger partial charge in [0.25, 0.3) is 5.91 Å². The Morgan fingerprint density at radius 1 is 1.22 bits per heavy atom. The zero-order chi connectivity index (χ0) is 17.0. The molecule has 1 amide bonds. The molecule has 0 saturated heterocycles. The Balaban J connectivity index is 1.93. The summed E-state index contributed by atoms with van der Waals surface area (Å²) in [7, 11) is 3.93. The molecule has 0 radical (unpaired) electrons. The average Bonchev–Trinajstić information content (AvgIpc) is 2.52. The van der Waals surface area contributed by atoms with Crippen molar-refractivity contribution in [1.29, 1.82) is 0 Å². The fraction of sp³-hybridized carbons (Fsp3) is 0.579. The molecule has 0 bridgehead atoms. The van der Waals surface area contributed by atoms with Crippen molar-refractivity contribution in [3.8, 4) is 0 Å². The van der Waals surface area contributed by atoms with E-state index < -0.39 is 0 Å². The number of hydrogen-bond donors (Lipinski definition) is 1. The summed E-state index contributed by atoms with van der Waals surface area (Å²) in [5.41, 5.74) is 5.85. The Bertz CT molecular complexity index is 575. The van der Waals surface area contributed by atoms with Gasteiger partial charge in [0, 0.05) is 31.1 Å². The van der Waals surface area contributed by atoms with Crippen LogP contribution in [0.15, 0.2) is 29.4 Å². The van der Waals surface area contributed by atoms with Crippen LogP contribution in [0.4, 0.5) is 5.69 Å². The quantitative estimate of drug-likeness (QED) is 0.854. The van der Waals surface area contributed by atoms with Gasteiger partial charge in [-0.15, -0.1) is 0 Å². The van der Waals surface area contributed by atoms with E-state index in [1.807, 2.05) is 43.3 Å². The van der Waals surface area contributed by atoms with Gasteiger partial charge < -0.3 is 4.90 Å². The summed E-state index contributed by atoms with van der Waals surface area (Å²) in [6, 6.07) is 7.58. The summed E-state index contributed by atoms with van der Waals surface area (Å²) >= 11 is 0. The van der Waals surface area contributed by atoms with E-state index in [0.717, 1.165) is 43.0 Å². The van der Waals surface area contributed by atoms with Crippen LogP contribution in [0, 0.1) is 11.3 Å². The summed E-state index contributed by atoms with van der Waals surface area (Å²) in [6.45, 7) is 6.91. The van der Waals surface area contributed by atoms with Gasteiger partial charge in [-0.1, -0.05) is 26.8 Å². The number of carbonyl (C=O) groups excluding carboxylic acids is 1. The Morgan fingerprint density at radius 3 is 2.43 bits per heavy atom. The average molecular weight is 315 g/mol. The third-order valence-electron chi connectivity index (χ3n) is 4.73. The van der Waals surface area contributed by atoms with E-state index >= 15 is 0 Å². The summed E-state index contributed by atoms with van der Waals surface area (Å²) in [6.07, 6.45) is 4.29. The number of carbonyl (C=O) groups is 1. The molecule has 126 valence electrons. The van der Waals surface area contributed by atoms with Crippen molar-refractivity contribution in [1.82, 2.24) is 5.43 Å². The molecule has 2 rings (SSSR count). The third kappa shape index (κ3) is 4.81. The predicted octanol–water partition coefficient (Wildman–Crippen LogP) is 4.07. The molecular formula is C19H29N3O. The van der Waals surface area contributed by atoms with Crippen LogP contribution < -0.4 is 10.3 Å². The van der Waals surface area contributed by atoms with Gasteiger partial charge in [-0.2, -0.15) is 5.10 Å². The van der Waals surface area contributed by atoms with Gasteiger partial charge in [0.1, 0.15) is 0 Å². The van der Waals surface area contributed by atoms with Crippen LogP contribution in [-0.4, -0.2) is 25.7 Å². The molecule has 0 aliphatic heterocycles. The zero-order valence-corrected chi connectivity index (χ0v) is 15.0. The molecule has 1 fully saturated rings. The van der Waals surface area contributed by atoms with Gasteiger partial charge in [-0.25, -0.2) is 5.43 Å². The van der Waals surface area contributed by atoms with Gasteiger partial charge in [0.15, 0.2) is 0 Å². The first-order valence-corrected chi connectivity index (χ1v) is 8.40. The number of nitrogens with one attached hydrogen (secondary N) is 1. The second kappa shape index (κ2) is 7.16. The highest BCUT2D eigenvalue weighted by Crippen LogP contribution is 2.36. The fourth-order valence-electron chi connectivity index (χ4n) is 3.05. The van der Waals surface area contributed by atoms with Gasteiger partial charge >= 0.3 is 0 Å². The molecule has 23 heavy (non-hydrogen) atoms. The molecule has 4 heteroatoms. The Hall–Kier alpha value is -1.84. The van der Waals surface area contributed by atoms with Crippen molar-refractivity contribution in [3.05, 3.63) is 29.8 Å². The van der Waals surface area contributed by atoms with E-state index in [-0.39, 0.29) is 5.91 Å². The van der Waals surface area contributed by atoms with Crippen LogP contribution in [-0.2, 0) is 0 Å². The second-order valence-electron chi connectivity index (χ2n) is 7.70. The monoisotopic (exact) mass is 315 g/mol. The maximum atomic E-state index is 12.2. The van der Waals surface area contributed by atoms with Gasteiger partial charge in [-0.05, 0) is 55.2 Å². The van der Waals surface area contributed by atoms with Crippen LogP contribution >= 0.6 is 0 Å². The Kier molecular flexibility index (Phi) is 5.45. The fourth-order valence-corrected chi connectivity index (χ4v) is 3.05. The van der Waals surface area contributed by atoms with Gasteiger partial charge in [0.05, 0.1) is 0 Å². The van der Waals surface area contributed by atoms with Crippen molar-refractivity contribution in [2.75, 3.05) is 19.0 Å². The summed E-state index contributed by atoms with van der Waals surface area (Å²) < 4.78 is 0. The molecule has 1 aliphatic rings. The van der Waals surface area contributed by atoms with Crippen LogP contribution in [0.25, 0.3) is 0 Å². The van der Waals surface area contributed by atoms with Crippen molar-refractivity contribution in [2.24, 2.45) is 16.4 Å². The lowest BCUT2D eigenvalue weighted by atomic mass is 9.72. The largest absolute Gasteiger partial charge is 0.378 e. The Morgan fingerprint density at radius 2 is 1.87 bits per heavy atom. The summed E-state index contributed by atoms with van der Waals surface area (Å²) in [5.74, 6) is 0.605. The molecule has 4 nitrogen and oxygen atoms in total. The number of benzene rings is 1. The SMILES string of the molecule is CN(C)c1cccc(C(=O)NN=C2CCC(C(C)(C)C)CC2)c1. The molecule has 0 heterocycles. The molecule has 0 atom stereocenters. The van der Waals surface area contributed by atoms with E-state index in [4.69, 9.17) is 0 Å². The molecule has 0 spiro atoms. The first-order valence-electron chi connectivity index (χ1n) is 8.40. The first kappa shape index (κ1) is 17.5. The third-order valence-corrected chi connectivity index (χ3v) is 4.73. The van der Waals surface area contributed by atoms with Crippen LogP contribution in [0.3, 0.4) is 0 Å². The lowest BCUT2D eigenvalue weighted by Crippen LogP contribution is -2.27. The zero-order valence-electron chi connectivity index (χ0n) is 15.0. The van der Waals surface area contributed by atoms with E-state index in [9.17, 15) is 4.79 Å². The number of anilines is 1. The van der Waals surface area contributed by atoms with Crippen molar-refractivity contribution in [2.45, 2.75) is 46.5 Å². The number of amides is 1. The maximum Gasteiger partial charge on any atom is 0.271 e. The van der Waals surface area contributed by atoms with Crippen molar-refractivity contribution in [3.63, 3.8) is 0 Å². The minimum atomic E-state index is -0.140. The highest BCUT2D eigenvalue weighted by molar-refractivity contribution is 5.96. The number of nitrogens with zero attached hydrogens (tertiary/aromatic N) is 2. The number of hydrazone groups is 1. The molecule has 0 aromatic heterocycles. The molecule has 1 aromatic carbocycles. The highest BCUT2D eigenvalue weighted by atomic mass is 16.2. The second-order valence-corrected chi connectivity index (χ2v) is 7.70. The van der Waals surface area contributed by atoms with E-state index in [1.54, 1.807) is 0 Å². The van der Waals surface area contributed by atoms with E-state index in [0.29, 0.717) is 11.0 Å². The molecule has 1 N–H and O–H groups in total. The van der Waals surface area contributed by atoms with Crippen molar-refractivity contribution >= 4 is 17.3 Å². The minimum Gasteiger partial charge on any atom is -0.378 e. The molecule has 1 aliphatic carbocycles. The van der Waals surface area contributed by atoms with Crippen LogP contribution in [0.2, 0.25) is 0 Å². The minimum absolute atomic E-state index is 0.140. The number of rotatable bonds is 3.